The summed E-state index contributed by atoms with van der Waals surface area (Å²) < 4.78 is 6.63. The van der Waals surface area contributed by atoms with Crippen molar-refractivity contribution < 1.29 is 14.3 Å². The van der Waals surface area contributed by atoms with E-state index in [1.165, 1.54) is 5.56 Å². The first-order valence-electron chi connectivity index (χ1n) is 9.22. The predicted molar refractivity (Wildman–Crippen MR) is 103 cm³/mol. The largest absolute Gasteiger partial charge is 0.383 e. The highest BCUT2D eigenvalue weighted by atomic mass is 16.5. The Morgan fingerprint density at radius 2 is 2.00 bits per heavy atom. The molecule has 0 bridgehead atoms. The molecule has 0 unspecified atom stereocenters. The first-order valence-corrected chi connectivity index (χ1v) is 9.22. The van der Waals surface area contributed by atoms with Crippen molar-refractivity contribution in [2.24, 2.45) is 0 Å². The van der Waals surface area contributed by atoms with Crippen LogP contribution in [-0.4, -0.2) is 77.1 Å². The van der Waals surface area contributed by atoms with Crippen molar-refractivity contribution in [3.05, 3.63) is 47.3 Å². The molecule has 0 aliphatic carbocycles. The molecule has 28 heavy (non-hydrogen) atoms. The van der Waals surface area contributed by atoms with E-state index in [9.17, 15) is 9.59 Å². The van der Waals surface area contributed by atoms with Gasteiger partial charge in [0, 0.05) is 40.3 Å². The fourth-order valence-corrected chi connectivity index (χ4v) is 2.86. The quantitative estimate of drug-likeness (QED) is 0.768. The number of nitrogens with zero attached hydrogens (tertiary/aromatic N) is 5. The number of carbonyl (C=O) groups is 2. The second kappa shape index (κ2) is 8.83. The van der Waals surface area contributed by atoms with Gasteiger partial charge >= 0.3 is 6.03 Å². The summed E-state index contributed by atoms with van der Waals surface area (Å²) >= 11 is 0. The van der Waals surface area contributed by atoms with Crippen LogP contribution in [-0.2, 0) is 11.3 Å². The van der Waals surface area contributed by atoms with Crippen molar-refractivity contribution in [2.75, 3.05) is 40.4 Å². The van der Waals surface area contributed by atoms with E-state index in [1.807, 2.05) is 31.2 Å². The zero-order valence-electron chi connectivity index (χ0n) is 16.5. The number of hydrogen-bond acceptors (Lipinski definition) is 5. The zero-order valence-corrected chi connectivity index (χ0v) is 16.5. The highest BCUT2D eigenvalue weighted by molar-refractivity contribution is 5.91. The number of nitrogens with one attached hydrogen (secondary N) is 1. The predicted octanol–water partition coefficient (Wildman–Crippen LogP) is 1.07. The van der Waals surface area contributed by atoms with Crippen LogP contribution in [0.15, 0.2) is 30.5 Å². The number of hydrogen-bond donors (Lipinski definition) is 1. The van der Waals surface area contributed by atoms with Gasteiger partial charge in [-0.1, -0.05) is 35.0 Å². The maximum absolute atomic E-state index is 12.3. The van der Waals surface area contributed by atoms with Crippen LogP contribution < -0.4 is 5.32 Å². The maximum atomic E-state index is 12.3. The smallest absolute Gasteiger partial charge is 0.317 e. The molecule has 1 fully saturated rings. The van der Waals surface area contributed by atoms with Crippen LogP contribution >= 0.6 is 0 Å². The fraction of sp³-hybridized carbons (Fsp3) is 0.474. The lowest BCUT2D eigenvalue weighted by atomic mass is 10.1. The Bertz CT molecular complexity index is 813. The Labute approximate surface area is 164 Å². The number of rotatable bonds is 7. The first kappa shape index (κ1) is 19.8. The van der Waals surface area contributed by atoms with Crippen LogP contribution in [0.25, 0.3) is 0 Å². The van der Waals surface area contributed by atoms with Crippen molar-refractivity contribution in [3.63, 3.8) is 0 Å². The average Bonchev–Trinajstić information content (AvgIpc) is 3.13. The first-order chi connectivity index (χ1) is 13.5. The molecule has 2 heterocycles. The number of likely N-dealkylation sites (tertiary alicyclic amines) is 1. The summed E-state index contributed by atoms with van der Waals surface area (Å²) in [4.78, 5) is 27.8. The van der Waals surface area contributed by atoms with E-state index in [0.29, 0.717) is 38.5 Å². The van der Waals surface area contributed by atoms with Crippen LogP contribution in [0.5, 0.6) is 0 Å². The minimum Gasteiger partial charge on any atom is -0.383 e. The second-order valence-corrected chi connectivity index (χ2v) is 7.01. The number of aryl methyl sites for hydroxylation is 1. The van der Waals surface area contributed by atoms with Crippen LogP contribution in [0.2, 0.25) is 0 Å². The third-order valence-electron chi connectivity index (χ3n) is 4.79. The maximum Gasteiger partial charge on any atom is 0.317 e. The molecule has 1 saturated heterocycles. The van der Waals surface area contributed by atoms with Gasteiger partial charge < -0.3 is 19.9 Å². The molecule has 2 aromatic rings. The van der Waals surface area contributed by atoms with Gasteiger partial charge in [-0.3, -0.25) is 4.79 Å². The number of ether oxygens (including phenoxy) is 1. The molecule has 0 atom stereocenters. The molecule has 0 radical (unpaired) electrons. The summed E-state index contributed by atoms with van der Waals surface area (Å²) in [7, 11) is 3.29. The van der Waals surface area contributed by atoms with Crippen molar-refractivity contribution in [3.8, 4) is 0 Å². The zero-order chi connectivity index (χ0) is 20.1. The Kier molecular flexibility index (Phi) is 6.25. The lowest BCUT2D eigenvalue weighted by molar-refractivity contribution is 0.0738. The number of carbonyl (C=O) groups excluding carboxylic acids is 2. The van der Waals surface area contributed by atoms with E-state index in [0.717, 1.165) is 5.56 Å². The van der Waals surface area contributed by atoms with Gasteiger partial charge in [-0.15, -0.1) is 5.10 Å². The van der Waals surface area contributed by atoms with Gasteiger partial charge in [0.25, 0.3) is 5.91 Å². The number of likely N-dealkylation sites (N-methyl/N-ethyl adjacent to an activating group) is 1. The molecule has 0 spiro atoms. The van der Waals surface area contributed by atoms with E-state index < -0.39 is 0 Å². The third-order valence-corrected chi connectivity index (χ3v) is 4.79. The monoisotopic (exact) mass is 386 g/mol. The molecular weight excluding hydrogens is 360 g/mol. The molecular formula is C19H26N6O3. The van der Waals surface area contributed by atoms with Crippen LogP contribution in [0.3, 0.4) is 0 Å². The molecule has 150 valence electrons. The van der Waals surface area contributed by atoms with Crippen LogP contribution in [0.4, 0.5) is 4.79 Å². The summed E-state index contributed by atoms with van der Waals surface area (Å²) in [6.45, 7) is 4.55. The molecule has 1 aliphatic rings. The van der Waals surface area contributed by atoms with Crippen LogP contribution in [0, 0.1) is 6.92 Å². The van der Waals surface area contributed by atoms with Gasteiger partial charge in [-0.2, -0.15) is 0 Å². The Morgan fingerprint density at radius 3 is 2.68 bits per heavy atom. The van der Waals surface area contributed by atoms with E-state index in [2.05, 4.69) is 15.6 Å². The van der Waals surface area contributed by atoms with Gasteiger partial charge in [-0.25, -0.2) is 9.48 Å². The molecule has 0 saturated carbocycles. The van der Waals surface area contributed by atoms with Gasteiger partial charge in [0.2, 0.25) is 0 Å². The number of amides is 3. The Hall–Kier alpha value is -2.94. The summed E-state index contributed by atoms with van der Waals surface area (Å²) in [5.41, 5.74) is 2.55. The molecule has 3 amide bonds. The van der Waals surface area contributed by atoms with Crippen molar-refractivity contribution >= 4 is 11.9 Å². The normalized spacial score (nSPS) is 13.9. The van der Waals surface area contributed by atoms with E-state index in [4.69, 9.17) is 4.74 Å². The van der Waals surface area contributed by atoms with E-state index >= 15 is 0 Å². The second-order valence-electron chi connectivity index (χ2n) is 7.01. The standard InChI is InChI=1S/C19H26N6O3/c1-14-4-6-15(7-5-14)10-20-19(27)24-11-16(12-24)25-13-17(21-22-25)18(26)23(2)8-9-28-3/h4-7,13,16H,8-12H2,1-3H3,(H,20,27). The van der Waals surface area contributed by atoms with Crippen molar-refractivity contribution in [2.45, 2.75) is 19.5 Å². The number of methoxy groups -OCH3 is 1. The van der Waals surface area contributed by atoms with Gasteiger partial charge in [0.05, 0.1) is 18.8 Å². The minimum absolute atomic E-state index is 0.0310. The SMILES string of the molecule is COCCN(C)C(=O)c1cn(C2CN(C(=O)NCc3ccc(C)cc3)C2)nn1. The summed E-state index contributed by atoms with van der Waals surface area (Å²) in [6, 6.07) is 7.99. The molecule has 9 nitrogen and oxygen atoms in total. The molecule has 3 rings (SSSR count). The fourth-order valence-electron chi connectivity index (χ4n) is 2.86. The van der Waals surface area contributed by atoms with E-state index in [1.54, 1.807) is 34.8 Å². The van der Waals surface area contributed by atoms with Crippen molar-refractivity contribution in [1.82, 2.24) is 30.1 Å². The topological polar surface area (TPSA) is 92.6 Å². The number of benzene rings is 1. The highest BCUT2D eigenvalue weighted by Crippen LogP contribution is 2.20. The highest BCUT2D eigenvalue weighted by Gasteiger charge is 2.33. The number of aromatic nitrogens is 3. The summed E-state index contributed by atoms with van der Waals surface area (Å²) in [5.74, 6) is -0.199. The third kappa shape index (κ3) is 4.66. The van der Waals surface area contributed by atoms with Crippen LogP contribution in [0.1, 0.15) is 27.7 Å². The Morgan fingerprint density at radius 1 is 1.29 bits per heavy atom. The Balaban J connectivity index is 1.45. The lowest BCUT2D eigenvalue weighted by Gasteiger charge is -2.38. The van der Waals surface area contributed by atoms with E-state index in [-0.39, 0.29) is 18.0 Å². The van der Waals surface area contributed by atoms with Gasteiger partial charge in [-0.05, 0) is 12.5 Å². The summed E-state index contributed by atoms with van der Waals surface area (Å²) in [6.07, 6.45) is 1.64. The lowest BCUT2D eigenvalue weighted by Crippen LogP contribution is -2.54. The average molecular weight is 386 g/mol. The molecule has 9 heteroatoms. The van der Waals surface area contributed by atoms with Gasteiger partial charge in [0.1, 0.15) is 0 Å². The molecule has 1 N–H and O–H groups in total. The molecule has 1 aromatic carbocycles. The van der Waals surface area contributed by atoms with Crippen molar-refractivity contribution in [1.29, 1.82) is 0 Å². The minimum atomic E-state index is -0.199. The number of urea groups is 1. The molecule has 1 aliphatic heterocycles. The summed E-state index contributed by atoms with van der Waals surface area (Å²) in [5, 5.41) is 10.9. The molecule has 1 aromatic heterocycles. The van der Waals surface area contributed by atoms with Gasteiger partial charge in [0.15, 0.2) is 5.69 Å².